The summed E-state index contributed by atoms with van der Waals surface area (Å²) in [7, 11) is 2.13. The maximum atomic E-state index is 8.70. The van der Waals surface area contributed by atoms with Crippen molar-refractivity contribution in [3.05, 3.63) is 0 Å². The zero-order chi connectivity index (χ0) is 11.0. The predicted octanol–water partition coefficient (Wildman–Crippen LogP) is 1.74. The van der Waals surface area contributed by atoms with Gasteiger partial charge >= 0.3 is 0 Å². The highest BCUT2D eigenvalue weighted by Crippen LogP contribution is 2.09. The fraction of sp³-hybridized carbons (Fsp3) is 0.909. The fourth-order valence-corrected chi connectivity index (χ4v) is 1.42. The van der Waals surface area contributed by atoms with Gasteiger partial charge in [-0.2, -0.15) is 5.26 Å². The predicted molar refractivity (Wildman–Crippen MR) is 59.8 cm³/mol. The third-order valence-electron chi connectivity index (χ3n) is 2.35. The molecule has 0 spiro atoms. The molecule has 0 bridgehead atoms. The molecule has 0 radical (unpaired) electrons. The molecule has 2 N–H and O–H groups in total. The second kappa shape index (κ2) is 6.80. The second-order valence-corrected chi connectivity index (χ2v) is 4.29. The van der Waals surface area contributed by atoms with Crippen molar-refractivity contribution < 1.29 is 0 Å². The van der Waals surface area contributed by atoms with E-state index in [2.05, 4.69) is 24.9 Å². The van der Waals surface area contributed by atoms with Gasteiger partial charge in [-0.1, -0.05) is 6.92 Å². The van der Waals surface area contributed by atoms with Gasteiger partial charge in [-0.3, -0.25) is 0 Å². The fourth-order valence-electron chi connectivity index (χ4n) is 1.42. The zero-order valence-electron chi connectivity index (χ0n) is 9.71. The topological polar surface area (TPSA) is 53.0 Å². The van der Waals surface area contributed by atoms with Crippen molar-refractivity contribution in [2.24, 2.45) is 5.73 Å². The van der Waals surface area contributed by atoms with Crippen LogP contribution in [0.1, 0.15) is 39.5 Å². The van der Waals surface area contributed by atoms with Crippen molar-refractivity contribution in [2.75, 3.05) is 20.1 Å². The SMILES string of the molecule is CCCN(C)CCCCC(C)(N)C#N. The summed E-state index contributed by atoms with van der Waals surface area (Å²) in [6, 6.07) is 2.12. The first-order valence-electron chi connectivity index (χ1n) is 5.40. The van der Waals surface area contributed by atoms with E-state index >= 15 is 0 Å². The number of rotatable bonds is 7. The van der Waals surface area contributed by atoms with Crippen LogP contribution in [0.4, 0.5) is 0 Å². The van der Waals surface area contributed by atoms with Crippen LogP contribution in [-0.2, 0) is 0 Å². The smallest absolute Gasteiger partial charge is 0.101 e. The molecule has 0 aliphatic heterocycles. The molecule has 3 heteroatoms. The minimum Gasteiger partial charge on any atom is -0.314 e. The van der Waals surface area contributed by atoms with Gasteiger partial charge in [0.1, 0.15) is 5.54 Å². The van der Waals surface area contributed by atoms with Crippen LogP contribution in [0.3, 0.4) is 0 Å². The van der Waals surface area contributed by atoms with Gasteiger partial charge in [0.05, 0.1) is 6.07 Å². The Bertz CT molecular complexity index is 181. The average Bonchev–Trinajstić information content (AvgIpc) is 2.13. The van der Waals surface area contributed by atoms with E-state index in [0.717, 1.165) is 32.4 Å². The van der Waals surface area contributed by atoms with Gasteiger partial charge in [-0.15, -0.1) is 0 Å². The first kappa shape index (κ1) is 13.4. The maximum Gasteiger partial charge on any atom is 0.101 e. The summed E-state index contributed by atoms with van der Waals surface area (Å²) in [6.45, 7) is 6.24. The number of nitrogens with two attached hydrogens (primary N) is 1. The van der Waals surface area contributed by atoms with Crippen LogP contribution in [0.15, 0.2) is 0 Å². The highest BCUT2D eigenvalue weighted by molar-refractivity contribution is 5.00. The van der Waals surface area contributed by atoms with Gasteiger partial charge in [0, 0.05) is 0 Å². The van der Waals surface area contributed by atoms with Gasteiger partial charge in [0.2, 0.25) is 0 Å². The highest BCUT2D eigenvalue weighted by Gasteiger charge is 2.15. The molecule has 0 saturated carbocycles. The summed E-state index contributed by atoms with van der Waals surface area (Å²) in [4.78, 5) is 2.32. The molecule has 0 fully saturated rings. The molecule has 0 saturated heterocycles. The lowest BCUT2D eigenvalue weighted by Crippen LogP contribution is -2.34. The largest absolute Gasteiger partial charge is 0.314 e. The molecule has 0 heterocycles. The highest BCUT2D eigenvalue weighted by atomic mass is 15.1. The minimum atomic E-state index is -0.636. The summed E-state index contributed by atoms with van der Waals surface area (Å²) < 4.78 is 0. The molecule has 0 aliphatic carbocycles. The Labute approximate surface area is 87.9 Å². The Hall–Kier alpha value is -0.590. The zero-order valence-corrected chi connectivity index (χ0v) is 9.71. The van der Waals surface area contributed by atoms with E-state index in [1.54, 1.807) is 6.92 Å². The van der Waals surface area contributed by atoms with Crippen molar-refractivity contribution in [1.29, 1.82) is 5.26 Å². The van der Waals surface area contributed by atoms with Crippen LogP contribution in [0.5, 0.6) is 0 Å². The van der Waals surface area contributed by atoms with Crippen LogP contribution in [-0.4, -0.2) is 30.6 Å². The number of hydrogen-bond donors (Lipinski definition) is 1. The number of unbranched alkanes of at least 4 members (excludes halogenated alkanes) is 1. The average molecular weight is 197 g/mol. The van der Waals surface area contributed by atoms with E-state index in [1.807, 2.05) is 0 Å². The van der Waals surface area contributed by atoms with E-state index in [1.165, 1.54) is 6.42 Å². The molecule has 82 valence electrons. The molecule has 0 aromatic rings. The molecule has 0 rings (SSSR count). The molecule has 14 heavy (non-hydrogen) atoms. The van der Waals surface area contributed by atoms with E-state index < -0.39 is 5.54 Å². The lowest BCUT2D eigenvalue weighted by molar-refractivity contribution is 0.320. The first-order chi connectivity index (χ1) is 6.52. The van der Waals surface area contributed by atoms with E-state index in [9.17, 15) is 0 Å². The molecule has 3 nitrogen and oxygen atoms in total. The molecule has 1 atom stereocenters. The molecule has 0 aromatic carbocycles. The minimum absolute atomic E-state index is 0.636. The van der Waals surface area contributed by atoms with Gasteiger partial charge in [0.15, 0.2) is 0 Å². The van der Waals surface area contributed by atoms with Crippen LogP contribution in [0.2, 0.25) is 0 Å². The van der Waals surface area contributed by atoms with E-state index in [-0.39, 0.29) is 0 Å². The van der Waals surface area contributed by atoms with Gasteiger partial charge in [0.25, 0.3) is 0 Å². The first-order valence-corrected chi connectivity index (χ1v) is 5.40. The Morgan fingerprint density at radius 1 is 1.36 bits per heavy atom. The molecule has 0 aliphatic rings. The number of nitrogens with zero attached hydrogens (tertiary/aromatic N) is 2. The Kier molecular flexibility index (Phi) is 6.52. The van der Waals surface area contributed by atoms with Crippen LogP contribution < -0.4 is 5.73 Å². The molecular formula is C11H23N3. The third-order valence-corrected chi connectivity index (χ3v) is 2.35. The van der Waals surface area contributed by atoms with Crippen molar-refractivity contribution in [3.8, 4) is 6.07 Å². The standard InChI is InChI=1S/C11H23N3/c1-4-8-14(3)9-6-5-7-11(2,13)10-12/h4-9,13H2,1-3H3. The summed E-state index contributed by atoms with van der Waals surface area (Å²) in [5, 5.41) is 8.70. The summed E-state index contributed by atoms with van der Waals surface area (Å²) >= 11 is 0. The van der Waals surface area contributed by atoms with E-state index in [0.29, 0.717) is 0 Å². The Balaban J connectivity index is 3.43. The van der Waals surface area contributed by atoms with Crippen molar-refractivity contribution >= 4 is 0 Å². The molecule has 0 amide bonds. The normalized spacial score (nSPS) is 15.1. The summed E-state index contributed by atoms with van der Waals surface area (Å²) in [5.41, 5.74) is 5.08. The van der Waals surface area contributed by atoms with Crippen molar-refractivity contribution in [2.45, 2.75) is 45.1 Å². The second-order valence-electron chi connectivity index (χ2n) is 4.29. The Morgan fingerprint density at radius 2 is 2.00 bits per heavy atom. The van der Waals surface area contributed by atoms with E-state index in [4.69, 9.17) is 11.0 Å². The molecule has 1 unspecified atom stereocenters. The van der Waals surface area contributed by atoms with Crippen LogP contribution in [0.25, 0.3) is 0 Å². The van der Waals surface area contributed by atoms with Crippen LogP contribution in [0, 0.1) is 11.3 Å². The van der Waals surface area contributed by atoms with Gasteiger partial charge in [-0.25, -0.2) is 0 Å². The third kappa shape index (κ3) is 6.88. The molecular weight excluding hydrogens is 174 g/mol. The molecule has 0 aromatic heterocycles. The summed E-state index contributed by atoms with van der Waals surface area (Å²) in [6.07, 6.45) is 4.16. The Morgan fingerprint density at radius 3 is 2.50 bits per heavy atom. The van der Waals surface area contributed by atoms with Gasteiger partial charge < -0.3 is 10.6 Å². The lowest BCUT2D eigenvalue weighted by Gasteiger charge is -2.17. The van der Waals surface area contributed by atoms with Crippen molar-refractivity contribution in [3.63, 3.8) is 0 Å². The van der Waals surface area contributed by atoms with Gasteiger partial charge in [-0.05, 0) is 52.7 Å². The van der Waals surface area contributed by atoms with Crippen molar-refractivity contribution in [1.82, 2.24) is 4.90 Å². The lowest BCUT2D eigenvalue weighted by atomic mass is 9.98. The monoisotopic (exact) mass is 197 g/mol. The maximum absolute atomic E-state index is 8.70. The van der Waals surface area contributed by atoms with Crippen LogP contribution >= 0.6 is 0 Å². The summed E-state index contributed by atoms with van der Waals surface area (Å²) in [5.74, 6) is 0. The number of hydrogen-bond acceptors (Lipinski definition) is 3. The quantitative estimate of drug-likeness (QED) is 0.632. The number of nitriles is 1.